The van der Waals surface area contributed by atoms with E-state index in [1.807, 2.05) is 0 Å². The van der Waals surface area contributed by atoms with Crippen molar-refractivity contribution in [1.29, 1.82) is 0 Å². The molecule has 1 aliphatic rings. The summed E-state index contributed by atoms with van der Waals surface area (Å²) < 4.78 is 5.66. The number of aromatic carboxylic acids is 1. The fraction of sp³-hybridized carbons (Fsp3) is 0.500. The minimum Gasteiger partial charge on any atom is -0.478 e. The van der Waals surface area contributed by atoms with Crippen molar-refractivity contribution in [1.82, 2.24) is 0 Å². The summed E-state index contributed by atoms with van der Waals surface area (Å²) in [6.07, 6.45) is 1.75. The molecule has 0 spiro atoms. The standard InChI is InChI=1S/C14H20N2O3/c1-14(2)8-10(5-6-19-14)16-12-7-9(13(17)18)3-4-11(12)15/h3-4,7,10,16H,5-6,8,15H2,1-2H3,(H,17,18). The maximum atomic E-state index is 11.0. The maximum Gasteiger partial charge on any atom is 0.335 e. The van der Waals surface area contributed by atoms with Crippen LogP contribution in [0, 0.1) is 0 Å². The molecule has 1 unspecified atom stereocenters. The number of ether oxygens (including phenoxy) is 1. The molecule has 0 radical (unpaired) electrons. The number of carboxylic acids is 1. The molecular formula is C14H20N2O3. The lowest BCUT2D eigenvalue weighted by atomic mass is 9.93. The highest BCUT2D eigenvalue weighted by Gasteiger charge is 2.29. The molecule has 1 aromatic carbocycles. The topological polar surface area (TPSA) is 84.6 Å². The van der Waals surface area contributed by atoms with Crippen molar-refractivity contribution in [3.63, 3.8) is 0 Å². The molecule has 1 saturated heterocycles. The molecule has 1 fully saturated rings. The fourth-order valence-electron chi connectivity index (χ4n) is 2.39. The molecule has 1 atom stereocenters. The minimum absolute atomic E-state index is 0.158. The van der Waals surface area contributed by atoms with Crippen LogP contribution in [0.4, 0.5) is 11.4 Å². The third kappa shape index (κ3) is 3.38. The van der Waals surface area contributed by atoms with Crippen LogP contribution in [0.3, 0.4) is 0 Å². The Morgan fingerprint density at radius 3 is 2.89 bits per heavy atom. The molecule has 0 amide bonds. The van der Waals surface area contributed by atoms with Crippen LogP contribution >= 0.6 is 0 Å². The zero-order valence-electron chi connectivity index (χ0n) is 11.3. The Kier molecular flexibility index (Phi) is 3.66. The van der Waals surface area contributed by atoms with Gasteiger partial charge in [-0.3, -0.25) is 0 Å². The van der Waals surface area contributed by atoms with E-state index in [4.69, 9.17) is 15.6 Å². The highest BCUT2D eigenvalue weighted by Crippen LogP contribution is 2.28. The highest BCUT2D eigenvalue weighted by molar-refractivity contribution is 5.90. The minimum atomic E-state index is -0.949. The molecule has 104 valence electrons. The lowest BCUT2D eigenvalue weighted by Crippen LogP contribution is -2.40. The van der Waals surface area contributed by atoms with Crippen molar-refractivity contribution >= 4 is 17.3 Å². The molecule has 0 aliphatic carbocycles. The van der Waals surface area contributed by atoms with E-state index >= 15 is 0 Å². The predicted molar refractivity (Wildman–Crippen MR) is 74.5 cm³/mol. The van der Waals surface area contributed by atoms with Gasteiger partial charge in [0.15, 0.2) is 0 Å². The number of hydrogen-bond donors (Lipinski definition) is 3. The summed E-state index contributed by atoms with van der Waals surface area (Å²) >= 11 is 0. The van der Waals surface area contributed by atoms with Crippen LogP contribution in [0.1, 0.15) is 37.0 Å². The SMILES string of the molecule is CC1(C)CC(Nc2cc(C(=O)O)ccc2N)CCO1. The van der Waals surface area contributed by atoms with Crippen LogP contribution < -0.4 is 11.1 Å². The second-order valence-electron chi connectivity index (χ2n) is 5.55. The van der Waals surface area contributed by atoms with Gasteiger partial charge in [-0.25, -0.2) is 4.79 Å². The van der Waals surface area contributed by atoms with E-state index in [9.17, 15) is 4.79 Å². The average Bonchev–Trinajstić information content (AvgIpc) is 2.30. The van der Waals surface area contributed by atoms with Crippen molar-refractivity contribution in [2.75, 3.05) is 17.7 Å². The van der Waals surface area contributed by atoms with E-state index in [-0.39, 0.29) is 17.2 Å². The summed E-state index contributed by atoms with van der Waals surface area (Å²) in [6, 6.07) is 4.96. The molecule has 5 heteroatoms. The molecule has 4 N–H and O–H groups in total. The summed E-state index contributed by atoms with van der Waals surface area (Å²) in [7, 11) is 0. The Bertz CT molecular complexity index is 486. The zero-order valence-corrected chi connectivity index (χ0v) is 11.3. The van der Waals surface area contributed by atoms with Gasteiger partial charge in [0.1, 0.15) is 0 Å². The summed E-state index contributed by atoms with van der Waals surface area (Å²) in [5, 5.41) is 12.3. The average molecular weight is 264 g/mol. The van der Waals surface area contributed by atoms with Crippen LogP contribution in [0.15, 0.2) is 18.2 Å². The van der Waals surface area contributed by atoms with E-state index < -0.39 is 5.97 Å². The number of nitrogens with two attached hydrogens (primary N) is 1. The van der Waals surface area contributed by atoms with Gasteiger partial charge in [-0.2, -0.15) is 0 Å². The molecular weight excluding hydrogens is 244 g/mol. The van der Waals surface area contributed by atoms with Crippen LogP contribution in [0.2, 0.25) is 0 Å². The quantitative estimate of drug-likeness (QED) is 0.730. The third-order valence-electron chi connectivity index (χ3n) is 3.36. The van der Waals surface area contributed by atoms with Gasteiger partial charge in [0.05, 0.1) is 22.5 Å². The van der Waals surface area contributed by atoms with Gasteiger partial charge in [-0.1, -0.05) is 0 Å². The number of nitrogens with one attached hydrogen (secondary N) is 1. The molecule has 1 aromatic rings. The third-order valence-corrected chi connectivity index (χ3v) is 3.36. The molecule has 5 nitrogen and oxygen atoms in total. The van der Waals surface area contributed by atoms with Crippen molar-refractivity contribution in [3.05, 3.63) is 23.8 Å². The smallest absolute Gasteiger partial charge is 0.335 e. The lowest BCUT2D eigenvalue weighted by molar-refractivity contribution is -0.0553. The number of carboxylic acid groups (broad SMARTS) is 1. The first-order valence-corrected chi connectivity index (χ1v) is 6.41. The van der Waals surface area contributed by atoms with Gasteiger partial charge in [0.2, 0.25) is 0 Å². The Labute approximate surface area is 112 Å². The molecule has 1 heterocycles. The first kappa shape index (κ1) is 13.7. The molecule has 0 saturated carbocycles. The first-order chi connectivity index (χ1) is 8.87. The summed E-state index contributed by atoms with van der Waals surface area (Å²) in [5.74, 6) is -0.949. The van der Waals surface area contributed by atoms with Crippen LogP contribution in [-0.2, 0) is 4.74 Å². The van der Waals surface area contributed by atoms with Gasteiger partial charge < -0.3 is 20.9 Å². The Morgan fingerprint density at radius 2 is 2.26 bits per heavy atom. The van der Waals surface area contributed by atoms with Crippen molar-refractivity contribution in [2.24, 2.45) is 0 Å². The number of anilines is 2. The maximum absolute atomic E-state index is 11.0. The monoisotopic (exact) mass is 264 g/mol. The van der Waals surface area contributed by atoms with Crippen LogP contribution in [0.25, 0.3) is 0 Å². The van der Waals surface area contributed by atoms with Crippen molar-refractivity contribution in [2.45, 2.75) is 38.3 Å². The van der Waals surface area contributed by atoms with Gasteiger partial charge in [0.25, 0.3) is 0 Å². The Balaban J connectivity index is 2.14. The number of hydrogen-bond acceptors (Lipinski definition) is 4. The second-order valence-corrected chi connectivity index (χ2v) is 5.55. The molecule has 1 aliphatic heterocycles. The lowest BCUT2D eigenvalue weighted by Gasteiger charge is -2.36. The van der Waals surface area contributed by atoms with E-state index in [1.165, 1.54) is 6.07 Å². The van der Waals surface area contributed by atoms with Crippen molar-refractivity contribution in [3.8, 4) is 0 Å². The molecule has 19 heavy (non-hydrogen) atoms. The van der Waals surface area contributed by atoms with Crippen LogP contribution in [-0.4, -0.2) is 29.3 Å². The number of rotatable bonds is 3. The predicted octanol–water partition coefficient (Wildman–Crippen LogP) is 2.34. The molecule has 2 rings (SSSR count). The second kappa shape index (κ2) is 5.09. The number of carbonyl (C=O) groups is 1. The number of nitrogen functional groups attached to an aromatic ring is 1. The molecule has 0 aromatic heterocycles. The van der Waals surface area contributed by atoms with Gasteiger partial charge in [0, 0.05) is 12.6 Å². The number of benzene rings is 1. The van der Waals surface area contributed by atoms with E-state index in [1.54, 1.807) is 12.1 Å². The zero-order chi connectivity index (χ0) is 14.0. The highest BCUT2D eigenvalue weighted by atomic mass is 16.5. The summed E-state index contributed by atoms with van der Waals surface area (Å²) in [5.41, 5.74) is 7.22. The van der Waals surface area contributed by atoms with Gasteiger partial charge in [-0.05, 0) is 44.9 Å². The van der Waals surface area contributed by atoms with Crippen molar-refractivity contribution < 1.29 is 14.6 Å². The molecule has 0 bridgehead atoms. The first-order valence-electron chi connectivity index (χ1n) is 6.41. The van der Waals surface area contributed by atoms with E-state index in [2.05, 4.69) is 19.2 Å². The summed E-state index contributed by atoms with van der Waals surface area (Å²) in [4.78, 5) is 11.0. The largest absolute Gasteiger partial charge is 0.478 e. The van der Waals surface area contributed by atoms with Gasteiger partial charge in [-0.15, -0.1) is 0 Å². The summed E-state index contributed by atoms with van der Waals surface area (Å²) in [6.45, 7) is 4.80. The normalized spacial score (nSPS) is 21.9. The van der Waals surface area contributed by atoms with Crippen LogP contribution in [0.5, 0.6) is 0 Å². The Hall–Kier alpha value is -1.75. The van der Waals surface area contributed by atoms with E-state index in [0.717, 1.165) is 12.8 Å². The Morgan fingerprint density at radius 1 is 1.53 bits per heavy atom. The van der Waals surface area contributed by atoms with E-state index in [0.29, 0.717) is 18.0 Å². The fourth-order valence-corrected chi connectivity index (χ4v) is 2.39. The van der Waals surface area contributed by atoms with Gasteiger partial charge >= 0.3 is 5.97 Å².